The van der Waals surface area contributed by atoms with Gasteiger partial charge < -0.3 is 0 Å². The molecule has 5 rings (SSSR count). The number of nitrogens with zero attached hydrogens (tertiary/aromatic N) is 1. The van der Waals surface area contributed by atoms with Crippen LogP contribution in [0, 0.1) is 116 Å². The largest absolute Gasteiger partial charge is 0.297 e. The molecular formula is C28H5BF21NOS. The highest BCUT2D eigenvalue weighted by atomic mass is 32.1. The maximum atomic E-state index is 15.4. The predicted molar refractivity (Wildman–Crippen MR) is 136 cm³/mol. The SMILES string of the molecule is FCO[n+]1ccsc1.Fc1c(F)c(F)c([B-](c2c(F)c(F)c(F)c(F)c2F)(c2c(F)c(F)c(F)c(F)c2F)c2c(F)c(F)c(F)c(F)c2F)c(F)c1F. The summed E-state index contributed by atoms with van der Waals surface area (Å²) in [5.41, 5.74) is -12.7. The van der Waals surface area contributed by atoms with Crippen molar-refractivity contribution in [2.24, 2.45) is 0 Å². The van der Waals surface area contributed by atoms with E-state index >= 15 is 35.1 Å². The van der Waals surface area contributed by atoms with E-state index < -0.39 is 151 Å². The first-order valence-corrected chi connectivity index (χ1v) is 13.9. The van der Waals surface area contributed by atoms with Gasteiger partial charge in [-0.25, -0.2) is 92.6 Å². The summed E-state index contributed by atoms with van der Waals surface area (Å²) < 4.78 is 307. The van der Waals surface area contributed by atoms with Gasteiger partial charge in [-0.3, -0.25) is 0 Å². The van der Waals surface area contributed by atoms with Crippen LogP contribution in [0.5, 0.6) is 0 Å². The zero-order chi connectivity index (χ0) is 40.2. The van der Waals surface area contributed by atoms with Gasteiger partial charge in [-0.2, -0.15) is 4.39 Å². The summed E-state index contributed by atoms with van der Waals surface area (Å²) >= 11 is 1.45. The van der Waals surface area contributed by atoms with Gasteiger partial charge in [0.25, 0.3) is 12.4 Å². The van der Waals surface area contributed by atoms with Crippen LogP contribution in [0.2, 0.25) is 0 Å². The summed E-state index contributed by atoms with van der Waals surface area (Å²) in [6.45, 7) is -0.776. The van der Waals surface area contributed by atoms with Gasteiger partial charge in [0.2, 0.25) is 6.20 Å². The van der Waals surface area contributed by atoms with Crippen molar-refractivity contribution in [3.8, 4) is 0 Å². The highest BCUT2D eigenvalue weighted by Gasteiger charge is 2.52. The van der Waals surface area contributed by atoms with E-state index in [9.17, 15) is 57.1 Å². The van der Waals surface area contributed by atoms with E-state index in [1.54, 1.807) is 17.1 Å². The molecule has 1 heterocycles. The van der Waals surface area contributed by atoms with Crippen molar-refractivity contribution in [1.29, 1.82) is 0 Å². The Morgan fingerprint density at radius 1 is 0.377 bits per heavy atom. The molecule has 0 aliphatic carbocycles. The molecule has 284 valence electrons. The van der Waals surface area contributed by atoms with E-state index in [-0.39, 0.29) is 0 Å². The third-order valence-corrected chi connectivity index (χ3v) is 7.96. The number of halogens is 21. The second-order valence-electron chi connectivity index (χ2n) is 9.93. The van der Waals surface area contributed by atoms with Crippen LogP contribution < -0.4 is 31.4 Å². The van der Waals surface area contributed by atoms with E-state index in [1.165, 1.54) is 16.1 Å². The predicted octanol–water partition coefficient (Wildman–Crippen LogP) is 6.24. The van der Waals surface area contributed by atoms with Gasteiger partial charge in [-0.1, -0.05) is 11.3 Å². The van der Waals surface area contributed by atoms with Crippen LogP contribution in [0.4, 0.5) is 92.2 Å². The van der Waals surface area contributed by atoms with E-state index in [1.807, 2.05) is 0 Å². The summed E-state index contributed by atoms with van der Waals surface area (Å²) in [6, 6.07) is 0. The molecule has 0 saturated heterocycles. The molecule has 0 saturated carbocycles. The lowest BCUT2D eigenvalue weighted by atomic mass is 9.12. The van der Waals surface area contributed by atoms with Crippen molar-refractivity contribution in [3.63, 3.8) is 0 Å². The van der Waals surface area contributed by atoms with Crippen LogP contribution in [-0.2, 0) is 0 Å². The third kappa shape index (κ3) is 6.06. The quantitative estimate of drug-likeness (QED) is 0.0652. The molecule has 0 unspecified atom stereocenters. The van der Waals surface area contributed by atoms with Gasteiger partial charge in [0, 0.05) is 4.73 Å². The highest BCUT2D eigenvalue weighted by Crippen LogP contribution is 2.30. The molecule has 53 heavy (non-hydrogen) atoms. The maximum Gasteiger partial charge on any atom is 0.297 e. The molecule has 0 amide bonds. The molecule has 0 spiro atoms. The lowest BCUT2D eigenvalue weighted by molar-refractivity contribution is -0.891. The Hall–Kier alpha value is -5.10. The Bertz CT molecular complexity index is 1880. The molecule has 0 aliphatic rings. The minimum absolute atomic E-state index is 0.776. The Morgan fingerprint density at radius 2 is 0.585 bits per heavy atom. The van der Waals surface area contributed by atoms with Gasteiger partial charge in [0.1, 0.15) is 52.7 Å². The number of alkyl halides is 1. The lowest BCUT2D eigenvalue weighted by Gasteiger charge is -2.44. The van der Waals surface area contributed by atoms with E-state index in [4.69, 9.17) is 0 Å². The smallest absolute Gasteiger partial charge is 0.237 e. The number of thiazole rings is 1. The number of rotatable bonds is 6. The second kappa shape index (κ2) is 14.7. The minimum atomic E-state index is -7.22. The lowest BCUT2D eigenvalue weighted by Crippen LogP contribution is -2.81. The average molecular weight is 813 g/mol. The van der Waals surface area contributed by atoms with E-state index in [2.05, 4.69) is 4.84 Å². The fraction of sp³-hybridized carbons (Fsp3) is 0.0357. The molecule has 0 N–H and O–H groups in total. The first-order valence-electron chi connectivity index (χ1n) is 13.0. The summed E-state index contributed by atoms with van der Waals surface area (Å²) in [5.74, 6) is -71.4. The van der Waals surface area contributed by atoms with Crippen LogP contribution >= 0.6 is 11.3 Å². The maximum absolute atomic E-state index is 15.4. The zero-order valence-corrected chi connectivity index (χ0v) is 25.0. The average Bonchev–Trinajstić information content (AvgIpc) is 3.65. The van der Waals surface area contributed by atoms with Crippen LogP contribution in [0.3, 0.4) is 0 Å². The molecule has 0 bridgehead atoms. The molecule has 4 aromatic carbocycles. The molecule has 1 aromatic heterocycles. The second-order valence-corrected chi connectivity index (χ2v) is 10.7. The fourth-order valence-corrected chi connectivity index (χ4v) is 5.74. The van der Waals surface area contributed by atoms with Crippen LogP contribution in [0.15, 0.2) is 17.1 Å². The Morgan fingerprint density at radius 3 is 0.755 bits per heavy atom. The van der Waals surface area contributed by atoms with Crippen molar-refractivity contribution in [2.75, 3.05) is 6.86 Å². The Balaban J connectivity index is 0.000000692. The van der Waals surface area contributed by atoms with Crippen LogP contribution in [-0.4, -0.2) is 13.0 Å². The molecule has 0 radical (unpaired) electrons. The first-order chi connectivity index (χ1) is 24.6. The normalized spacial score (nSPS) is 11.6. The number of aromatic nitrogens is 1. The van der Waals surface area contributed by atoms with Gasteiger partial charge in [0.05, 0.1) is 5.38 Å². The number of hydrogen-bond donors (Lipinski definition) is 0. The van der Waals surface area contributed by atoms with Crippen molar-refractivity contribution in [1.82, 2.24) is 0 Å². The summed E-state index contributed by atoms with van der Waals surface area (Å²) in [5, 5.41) is 1.80. The first kappa shape index (κ1) is 40.7. The molecular weight excluding hydrogens is 808 g/mol. The molecule has 0 fully saturated rings. The van der Waals surface area contributed by atoms with Crippen molar-refractivity contribution >= 4 is 39.3 Å². The molecule has 2 nitrogen and oxygen atoms in total. The molecule has 0 aliphatic heterocycles. The molecule has 25 heteroatoms. The van der Waals surface area contributed by atoms with Gasteiger partial charge in [0.15, 0.2) is 69.8 Å². The van der Waals surface area contributed by atoms with Crippen molar-refractivity contribution < 1.29 is 102 Å². The summed E-state index contributed by atoms with van der Waals surface area (Å²) in [6.07, 6.45) is -5.57. The third-order valence-electron chi connectivity index (χ3n) is 7.36. The topological polar surface area (TPSA) is 13.1 Å². The van der Waals surface area contributed by atoms with Gasteiger partial charge in [-0.05, 0) is 0 Å². The minimum Gasteiger partial charge on any atom is -0.237 e. The number of benzene rings is 4. The highest BCUT2D eigenvalue weighted by molar-refractivity contribution is 7.20. The monoisotopic (exact) mass is 813 g/mol. The summed E-state index contributed by atoms with van der Waals surface area (Å²) in [4.78, 5) is 4.41. The van der Waals surface area contributed by atoms with Crippen LogP contribution in [0.25, 0.3) is 0 Å². The Labute approximate surface area is 281 Å². The fourth-order valence-electron chi connectivity index (χ4n) is 5.23. The molecule has 0 atom stereocenters. The standard InChI is InChI=1S/C24BF20.C4H5FNOS/c26-5-1(6(27)14(35)21(42)13(5)34)25(2-7(28)15(36)22(43)16(37)8(2)29,3-9(30)17(38)23(44)18(39)10(3)31)4-11(32)19(40)24(45)20(41)12(4)33;5-3-7-6-1-2-8-4-6/h;1-2,4H,3H2/q-1;+1. The zero-order valence-electron chi connectivity index (χ0n) is 24.2. The van der Waals surface area contributed by atoms with Gasteiger partial charge in [-0.15, -0.1) is 21.9 Å². The van der Waals surface area contributed by atoms with Crippen molar-refractivity contribution in [2.45, 2.75) is 0 Å². The van der Waals surface area contributed by atoms with Crippen LogP contribution in [0.1, 0.15) is 0 Å². The van der Waals surface area contributed by atoms with Gasteiger partial charge >= 0.3 is 0 Å². The van der Waals surface area contributed by atoms with Crippen molar-refractivity contribution in [3.05, 3.63) is 133 Å². The summed E-state index contributed by atoms with van der Waals surface area (Å²) in [7, 11) is 0. The number of hydrogen-bond acceptors (Lipinski definition) is 2. The van der Waals surface area contributed by atoms with E-state index in [0.29, 0.717) is 0 Å². The Kier molecular flexibility index (Phi) is 11.3. The molecule has 5 aromatic rings. The van der Waals surface area contributed by atoms with E-state index in [0.717, 1.165) is 0 Å².